The number of rotatable bonds is 6. The van der Waals surface area contributed by atoms with Crippen LogP contribution in [0.4, 0.5) is 5.69 Å². The third-order valence-corrected chi connectivity index (χ3v) is 7.20. The second kappa shape index (κ2) is 10.8. The van der Waals surface area contributed by atoms with Crippen molar-refractivity contribution in [3.8, 4) is 11.5 Å². The summed E-state index contributed by atoms with van der Waals surface area (Å²) in [5, 5.41) is 10.7. The number of halogens is 2. The second-order valence-electron chi connectivity index (χ2n) is 9.26. The summed E-state index contributed by atoms with van der Waals surface area (Å²) in [6.45, 7) is 5.25. The highest BCUT2D eigenvalue weighted by atomic mass is 35.5. The topological polar surface area (TPSA) is 71.5 Å². The molecule has 1 amide bonds. The van der Waals surface area contributed by atoms with E-state index in [0.29, 0.717) is 41.9 Å². The van der Waals surface area contributed by atoms with Crippen LogP contribution >= 0.6 is 23.2 Å². The van der Waals surface area contributed by atoms with Gasteiger partial charge in [0.2, 0.25) is 0 Å². The second-order valence-corrected chi connectivity index (χ2v) is 10.1. The molecule has 0 unspecified atom stereocenters. The molecule has 2 aliphatic rings. The highest BCUT2D eigenvalue weighted by Gasteiger charge is 2.40. The molecule has 3 aromatic carbocycles. The number of hydrogen-bond acceptors (Lipinski definition) is 6. The van der Waals surface area contributed by atoms with Crippen LogP contribution in [0, 0.1) is 0 Å². The van der Waals surface area contributed by atoms with Gasteiger partial charge in [-0.05, 0) is 61.5 Å². The number of carbonyl (C=O) groups excluding carboxylic acids is 1. The van der Waals surface area contributed by atoms with Crippen LogP contribution in [-0.2, 0) is 15.3 Å². The van der Waals surface area contributed by atoms with E-state index in [-0.39, 0.29) is 17.8 Å². The van der Waals surface area contributed by atoms with Crippen LogP contribution < -0.4 is 9.64 Å². The van der Waals surface area contributed by atoms with Crippen LogP contribution in [-0.4, -0.2) is 61.4 Å². The first-order chi connectivity index (χ1) is 17.8. The highest BCUT2D eigenvalue weighted by molar-refractivity contribution is 6.35. The molecule has 5 rings (SSSR count). The molecule has 0 saturated carbocycles. The van der Waals surface area contributed by atoms with Gasteiger partial charge < -0.3 is 29.1 Å². The average Bonchev–Trinajstić information content (AvgIpc) is 3.29. The lowest BCUT2D eigenvalue weighted by Crippen LogP contribution is -2.48. The number of phenols is 1. The Morgan fingerprint density at radius 2 is 1.81 bits per heavy atom. The quantitative estimate of drug-likeness (QED) is 0.454. The van der Waals surface area contributed by atoms with Crippen LogP contribution in [0.2, 0.25) is 10.0 Å². The van der Waals surface area contributed by atoms with Gasteiger partial charge in [0.25, 0.3) is 5.91 Å². The molecule has 0 aliphatic carbocycles. The predicted molar refractivity (Wildman–Crippen MR) is 143 cm³/mol. The lowest BCUT2D eigenvalue weighted by molar-refractivity contribution is -0.164. The molecule has 0 spiro atoms. The Morgan fingerprint density at radius 1 is 1.05 bits per heavy atom. The zero-order valence-electron chi connectivity index (χ0n) is 20.4. The molecule has 2 aliphatic heterocycles. The summed E-state index contributed by atoms with van der Waals surface area (Å²) in [6, 6.07) is 19.6. The van der Waals surface area contributed by atoms with Gasteiger partial charge in [-0.2, -0.15) is 0 Å². The molecule has 0 radical (unpaired) electrons. The van der Waals surface area contributed by atoms with Gasteiger partial charge in [-0.25, -0.2) is 0 Å². The summed E-state index contributed by atoms with van der Waals surface area (Å²) < 4.78 is 18.0. The minimum atomic E-state index is -0.954. The molecule has 2 saturated heterocycles. The van der Waals surface area contributed by atoms with Crippen molar-refractivity contribution in [3.05, 3.63) is 87.9 Å². The average molecular weight is 543 g/mol. The van der Waals surface area contributed by atoms with Gasteiger partial charge >= 0.3 is 0 Å². The zero-order chi connectivity index (χ0) is 26.0. The molecule has 1 N–H and O–H groups in total. The Balaban J connectivity index is 1.11. The molecule has 2 fully saturated rings. The summed E-state index contributed by atoms with van der Waals surface area (Å²) in [5.41, 5.74) is 2.31. The van der Waals surface area contributed by atoms with Crippen molar-refractivity contribution in [2.45, 2.75) is 18.8 Å². The van der Waals surface area contributed by atoms with E-state index >= 15 is 0 Å². The third-order valence-electron chi connectivity index (χ3n) is 6.65. The predicted octanol–water partition coefficient (Wildman–Crippen LogP) is 5.33. The number of anilines is 1. The summed E-state index contributed by atoms with van der Waals surface area (Å²) >= 11 is 12.4. The van der Waals surface area contributed by atoms with E-state index in [9.17, 15) is 9.90 Å². The minimum absolute atomic E-state index is 0.0631. The SMILES string of the molecule is C[C@]1(c2ccc(Cl)cc2Cl)OC[C@@H](COc2ccc(N3CCN(C(=O)c4cccc(O)c4)CC3)cc2)O1. The Morgan fingerprint density at radius 3 is 2.51 bits per heavy atom. The molecular weight excluding hydrogens is 515 g/mol. The van der Waals surface area contributed by atoms with E-state index in [2.05, 4.69) is 4.90 Å². The Kier molecular flexibility index (Phi) is 7.49. The standard InChI is InChI=1S/C28H28Cl2N2O5/c1-28(25-10-5-20(29)16-26(25)30)36-18-24(37-28)17-35-23-8-6-21(7-9-23)31-11-13-32(14-12-31)27(34)19-3-2-4-22(33)15-19/h2-10,15-16,24,33H,11-14,17-18H2,1H3/t24-,28+/m1/s1. The van der Waals surface area contributed by atoms with E-state index in [1.807, 2.05) is 42.2 Å². The van der Waals surface area contributed by atoms with Crippen LogP contribution in [0.1, 0.15) is 22.8 Å². The summed E-state index contributed by atoms with van der Waals surface area (Å²) in [5.74, 6) is -0.182. The maximum absolute atomic E-state index is 12.7. The Labute approximate surface area is 226 Å². The molecule has 2 atom stereocenters. The number of aromatic hydroxyl groups is 1. The number of ether oxygens (including phenoxy) is 3. The first kappa shape index (κ1) is 25.7. The number of carbonyl (C=O) groups is 1. The van der Waals surface area contributed by atoms with Crippen molar-refractivity contribution in [1.82, 2.24) is 4.90 Å². The van der Waals surface area contributed by atoms with Gasteiger partial charge in [-0.3, -0.25) is 4.79 Å². The molecule has 3 aromatic rings. The number of piperazine rings is 1. The third kappa shape index (κ3) is 5.80. The number of benzene rings is 3. The monoisotopic (exact) mass is 542 g/mol. The van der Waals surface area contributed by atoms with Gasteiger partial charge in [0, 0.05) is 48.0 Å². The molecule has 0 aromatic heterocycles. The van der Waals surface area contributed by atoms with Crippen LogP contribution in [0.3, 0.4) is 0 Å². The molecule has 37 heavy (non-hydrogen) atoms. The summed E-state index contributed by atoms with van der Waals surface area (Å²) in [7, 11) is 0. The largest absolute Gasteiger partial charge is 0.508 e. The Bertz CT molecular complexity index is 1260. The fourth-order valence-corrected chi connectivity index (χ4v) is 5.23. The van der Waals surface area contributed by atoms with Crippen LogP contribution in [0.25, 0.3) is 0 Å². The molecule has 2 heterocycles. The fraction of sp³-hybridized carbons (Fsp3) is 0.321. The lowest BCUT2D eigenvalue weighted by Gasteiger charge is -2.36. The van der Waals surface area contributed by atoms with Crippen molar-refractivity contribution in [1.29, 1.82) is 0 Å². The van der Waals surface area contributed by atoms with Crippen molar-refractivity contribution in [2.75, 3.05) is 44.3 Å². The van der Waals surface area contributed by atoms with E-state index in [4.69, 9.17) is 37.4 Å². The number of nitrogens with zero attached hydrogens (tertiary/aromatic N) is 2. The first-order valence-corrected chi connectivity index (χ1v) is 12.9. The minimum Gasteiger partial charge on any atom is -0.508 e. The van der Waals surface area contributed by atoms with Gasteiger partial charge in [0.05, 0.1) is 11.6 Å². The number of phenolic OH excluding ortho intramolecular Hbond substituents is 1. The van der Waals surface area contributed by atoms with E-state index in [1.165, 1.54) is 6.07 Å². The maximum atomic E-state index is 12.7. The number of amides is 1. The van der Waals surface area contributed by atoms with E-state index < -0.39 is 5.79 Å². The smallest absolute Gasteiger partial charge is 0.254 e. The van der Waals surface area contributed by atoms with E-state index in [0.717, 1.165) is 30.1 Å². The Hall–Kier alpha value is -2.97. The fourth-order valence-electron chi connectivity index (χ4n) is 4.65. The highest BCUT2D eigenvalue weighted by Crippen LogP contribution is 2.38. The van der Waals surface area contributed by atoms with Gasteiger partial charge in [-0.15, -0.1) is 0 Å². The van der Waals surface area contributed by atoms with Crippen LogP contribution in [0.15, 0.2) is 66.7 Å². The normalized spacial score (nSPS) is 21.8. The summed E-state index contributed by atoms with van der Waals surface area (Å²) in [4.78, 5) is 16.8. The van der Waals surface area contributed by atoms with Crippen molar-refractivity contribution in [2.24, 2.45) is 0 Å². The van der Waals surface area contributed by atoms with Crippen molar-refractivity contribution in [3.63, 3.8) is 0 Å². The molecule has 194 valence electrons. The van der Waals surface area contributed by atoms with Crippen LogP contribution in [0.5, 0.6) is 11.5 Å². The summed E-state index contributed by atoms with van der Waals surface area (Å²) in [6.07, 6.45) is -0.242. The van der Waals surface area contributed by atoms with Crippen molar-refractivity contribution >= 4 is 34.8 Å². The molecule has 9 heteroatoms. The lowest BCUT2D eigenvalue weighted by atomic mass is 10.1. The zero-order valence-corrected chi connectivity index (χ0v) is 21.9. The molecule has 0 bridgehead atoms. The van der Waals surface area contributed by atoms with Gasteiger partial charge in [-0.1, -0.05) is 35.3 Å². The molecular formula is C28H28Cl2N2O5. The van der Waals surface area contributed by atoms with E-state index in [1.54, 1.807) is 30.3 Å². The molecule has 7 nitrogen and oxygen atoms in total. The van der Waals surface area contributed by atoms with Gasteiger partial charge in [0.15, 0.2) is 5.79 Å². The first-order valence-electron chi connectivity index (χ1n) is 12.1. The number of hydrogen-bond donors (Lipinski definition) is 1. The maximum Gasteiger partial charge on any atom is 0.254 e. The van der Waals surface area contributed by atoms with Crippen molar-refractivity contribution < 1.29 is 24.1 Å². The van der Waals surface area contributed by atoms with Gasteiger partial charge in [0.1, 0.15) is 24.2 Å².